The normalized spacial score (nSPS) is 23.1. The van der Waals surface area contributed by atoms with Crippen LogP contribution in [0.4, 0.5) is 0 Å². The average Bonchev–Trinajstić information content (AvgIpc) is 2.37. The molecular formula is C9H14O2. The summed E-state index contributed by atoms with van der Waals surface area (Å²) in [4.78, 5) is 10.9. The molecule has 1 aliphatic carbocycles. The lowest BCUT2D eigenvalue weighted by Gasteiger charge is -2.12. The van der Waals surface area contributed by atoms with E-state index in [0.717, 1.165) is 12.8 Å². The van der Waals surface area contributed by atoms with Crippen LogP contribution in [0.5, 0.6) is 0 Å². The van der Waals surface area contributed by atoms with Crippen LogP contribution in [0.25, 0.3) is 0 Å². The zero-order chi connectivity index (χ0) is 8.27. The van der Waals surface area contributed by atoms with Crippen molar-refractivity contribution < 1.29 is 9.53 Å². The molecule has 2 nitrogen and oxygen atoms in total. The van der Waals surface area contributed by atoms with Crippen LogP contribution < -0.4 is 0 Å². The summed E-state index contributed by atoms with van der Waals surface area (Å²) in [5.41, 5.74) is 1.20. The van der Waals surface area contributed by atoms with E-state index in [0.29, 0.717) is 6.42 Å². The number of hydrogen-bond donors (Lipinski definition) is 0. The predicted octanol–water partition coefficient (Wildman–Crippen LogP) is 2.05. The third kappa shape index (κ3) is 2.07. The molecule has 0 aromatic rings. The number of ether oxygens (including phenoxy) is 1. The minimum absolute atomic E-state index is 0.0717. The molecule has 0 amide bonds. The summed E-state index contributed by atoms with van der Waals surface area (Å²) >= 11 is 0. The van der Waals surface area contributed by atoms with E-state index in [2.05, 4.69) is 6.08 Å². The molecule has 0 saturated heterocycles. The van der Waals surface area contributed by atoms with E-state index in [4.69, 9.17) is 4.74 Å². The molecule has 0 saturated carbocycles. The summed E-state index contributed by atoms with van der Waals surface area (Å²) < 4.78 is 5.17. The van der Waals surface area contributed by atoms with E-state index >= 15 is 0 Å². The minimum Gasteiger partial charge on any atom is -0.458 e. The molecule has 62 valence electrons. The molecule has 0 fully saturated rings. The van der Waals surface area contributed by atoms with Gasteiger partial charge in [0.25, 0.3) is 0 Å². The maximum Gasteiger partial charge on any atom is 0.306 e. The van der Waals surface area contributed by atoms with Crippen LogP contribution in [0.15, 0.2) is 11.6 Å². The van der Waals surface area contributed by atoms with Gasteiger partial charge in [0, 0.05) is 6.42 Å². The quantitative estimate of drug-likeness (QED) is 0.449. The van der Waals surface area contributed by atoms with Crippen molar-refractivity contribution in [1.82, 2.24) is 0 Å². The molecular weight excluding hydrogens is 140 g/mol. The first-order valence-electron chi connectivity index (χ1n) is 4.10. The lowest BCUT2D eigenvalue weighted by molar-refractivity contribution is -0.146. The summed E-state index contributed by atoms with van der Waals surface area (Å²) in [6.45, 7) is 3.83. The summed E-state index contributed by atoms with van der Waals surface area (Å²) in [7, 11) is 0. The van der Waals surface area contributed by atoms with Crippen LogP contribution >= 0.6 is 0 Å². The van der Waals surface area contributed by atoms with Gasteiger partial charge in [0.2, 0.25) is 0 Å². The minimum atomic E-state index is -0.0929. The second-order valence-electron chi connectivity index (χ2n) is 2.86. The molecule has 0 unspecified atom stereocenters. The third-order valence-electron chi connectivity index (χ3n) is 1.97. The van der Waals surface area contributed by atoms with Crippen molar-refractivity contribution in [3.05, 3.63) is 11.6 Å². The van der Waals surface area contributed by atoms with Crippen LogP contribution in [0.1, 0.15) is 33.1 Å². The number of hydrogen-bond acceptors (Lipinski definition) is 2. The molecule has 2 heteroatoms. The van der Waals surface area contributed by atoms with Crippen molar-refractivity contribution in [2.24, 2.45) is 0 Å². The summed E-state index contributed by atoms with van der Waals surface area (Å²) in [5.74, 6) is -0.0929. The Hall–Kier alpha value is -0.790. The molecule has 0 N–H and O–H groups in total. The SMILES string of the molecule is CCC(=O)O[C@@H]1CCC=C1C. The molecule has 1 aliphatic rings. The molecule has 0 bridgehead atoms. The van der Waals surface area contributed by atoms with Gasteiger partial charge in [-0.15, -0.1) is 0 Å². The lowest BCUT2D eigenvalue weighted by atomic mass is 10.2. The van der Waals surface area contributed by atoms with Crippen molar-refractivity contribution in [1.29, 1.82) is 0 Å². The van der Waals surface area contributed by atoms with Gasteiger partial charge in [0.05, 0.1) is 0 Å². The lowest BCUT2D eigenvalue weighted by Crippen LogP contribution is -2.15. The smallest absolute Gasteiger partial charge is 0.306 e. The molecule has 1 rings (SSSR count). The number of esters is 1. The Balaban J connectivity index is 2.38. The molecule has 0 aliphatic heterocycles. The van der Waals surface area contributed by atoms with Crippen molar-refractivity contribution in [2.75, 3.05) is 0 Å². The topological polar surface area (TPSA) is 26.3 Å². The van der Waals surface area contributed by atoms with Gasteiger partial charge in [-0.25, -0.2) is 0 Å². The highest BCUT2D eigenvalue weighted by atomic mass is 16.5. The zero-order valence-corrected chi connectivity index (χ0v) is 7.09. The Kier molecular flexibility index (Phi) is 2.69. The van der Waals surface area contributed by atoms with Gasteiger partial charge in [-0.05, 0) is 25.3 Å². The maximum atomic E-state index is 10.9. The van der Waals surface area contributed by atoms with E-state index in [1.807, 2.05) is 13.8 Å². The van der Waals surface area contributed by atoms with E-state index in [-0.39, 0.29) is 12.1 Å². The summed E-state index contributed by atoms with van der Waals surface area (Å²) in [5, 5.41) is 0. The fourth-order valence-corrected chi connectivity index (χ4v) is 1.22. The van der Waals surface area contributed by atoms with Gasteiger partial charge in [-0.3, -0.25) is 4.79 Å². The average molecular weight is 154 g/mol. The summed E-state index contributed by atoms with van der Waals surface area (Å²) in [6.07, 6.45) is 4.70. The Morgan fingerprint density at radius 3 is 3.00 bits per heavy atom. The van der Waals surface area contributed by atoms with Crippen molar-refractivity contribution in [3.63, 3.8) is 0 Å². The first-order chi connectivity index (χ1) is 5.24. The highest BCUT2D eigenvalue weighted by molar-refractivity contribution is 5.69. The molecule has 11 heavy (non-hydrogen) atoms. The number of allylic oxidation sites excluding steroid dienone is 1. The van der Waals surface area contributed by atoms with Gasteiger partial charge in [0.1, 0.15) is 6.10 Å². The number of rotatable bonds is 2. The second-order valence-corrected chi connectivity index (χ2v) is 2.86. The molecule has 0 heterocycles. The van der Waals surface area contributed by atoms with Crippen LogP contribution in [-0.4, -0.2) is 12.1 Å². The fourth-order valence-electron chi connectivity index (χ4n) is 1.22. The highest BCUT2D eigenvalue weighted by Gasteiger charge is 2.18. The monoisotopic (exact) mass is 154 g/mol. The third-order valence-corrected chi connectivity index (χ3v) is 1.97. The largest absolute Gasteiger partial charge is 0.458 e. The molecule has 0 spiro atoms. The second kappa shape index (κ2) is 3.56. The van der Waals surface area contributed by atoms with Crippen molar-refractivity contribution >= 4 is 5.97 Å². The Morgan fingerprint density at radius 2 is 2.55 bits per heavy atom. The molecule has 0 radical (unpaired) electrons. The van der Waals surface area contributed by atoms with Gasteiger partial charge in [-0.2, -0.15) is 0 Å². The first kappa shape index (κ1) is 8.31. The van der Waals surface area contributed by atoms with Gasteiger partial charge in [0.15, 0.2) is 0 Å². The standard InChI is InChI=1S/C9H14O2/c1-3-9(10)11-8-6-4-5-7(8)2/h5,8H,3-4,6H2,1-2H3/t8-/m1/s1. The molecule has 1 atom stereocenters. The van der Waals surface area contributed by atoms with Crippen LogP contribution in [-0.2, 0) is 9.53 Å². The first-order valence-corrected chi connectivity index (χ1v) is 4.10. The van der Waals surface area contributed by atoms with Gasteiger partial charge >= 0.3 is 5.97 Å². The Labute approximate surface area is 67.2 Å². The summed E-state index contributed by atoms with van der Waals surface area (Å²) in [6, 6.07) is 0. The molecule has 0 aromatic carbocycles. The Bertz CT molecular complexity index is 182. The van der Waals surface area contributed by atoms with Crippen LogP contribution in [0.2, 0.25) is 0 Å². The number of carbonyl (C=O) groups is 1. The predicted molar refractivity (Wildman–Crippen MR) is 43.2 cm³/mol. The van der Waals surface area contributed by atoms with Crippen molar-refractivity contribution in [3.8, 4) is 0 Å². The van der Waals surface area contributed by atoms with E-state index in [1.165, 1.54) is 5.57 Å². The van der Waals surface area contributed by atoms with Gasteiger partial charge in [-0.1, -0.05) is 13.0 Å². The van der Waals surface area contributed by atoms with Gasteiger partial charge < -0.3 is 4.74 Å². The Morgan fingerprint density at radius 1 is 1.82 bits per heavy atom. The van der Waals surface area contributed by atoms with Crippen molar-refractivity contribution in [2.45, 2.75) is 39.2 Å². The molecule has 0 aromatic heterocycles. The zero-order valence-electron chi connectivity index (χ0n) is 7.09. The fraction of sp³-hybridized carbons (Fsp3) is 0.667. The van der Waals surface area contributed by atoms with E-state index in [1.54, 1.807) is 0 Å². The highest BCUT2D eigenvalue weighted by Crippen LogP contribution is 2.21. The van der Waals surface area contributed by atoms with Crippen LogP contribution in [0, 0.1) is 0 Å². The van der Waals surface area contributed by atoms with Crippen LogP contribution in [0.3, 0.4) is 0 Å². The number of carbonyl (C=O) groups excluding carboxylic acids is 1. The van der Waals surface area contributed by atoms with E-state index in [9.17, 15) is 4.79 Å². The van der Waals surface area contributed by atoms with E-state index < -0.39 is 0 Å². The maximum absolute atomic E-state index is 10.9.